The van der Waals surface area contributed by atoms with Crippen molar-refractivity contribution in [3.63, 3.8) is 0 Å². The third-order valence-electron chi connectivity index (χ3n) is 5.39. The van der Waals surface area contributed by atoms with E-state index in [1.807, 2.05) is 0 Å². The molecule has 180 valence electrons. The molecule has 4 rings (SSSR count). The predicted octanol–water partition coefficient (Wildman–Crippen LogP) is 3.90. The van der Waals surface area contributed by atoms with E-state index in [1.165, 1.54) is 27.8 Å². The SMILES string of the molecule is COCCN(Cc1nc2ccccc2c(=O)[nH]1)C(=O)C=Cc1c(C)nn(-c2ccc(F)cc2)c1Cl. The van der Waals surface area contributed by atoms with E-state index in [4.69, 9.17) is 16.3 Å². The number of hydrogen-bond acceptors (Lipinski definition) is 5. The van der Waals surface area contributed by atoms with Crippen LogP contribution in [0.5, 0.6) is 0 Å². The Morgan fingerprint density at radius 3 is 2.71 bits per heavy atom. The van der Waals surface area contributed by atoms with Gasteiger partial charge in [0, 0.05) is 25.3 Å². The number of carbonyl (C=O) groups is 1. The summed E-state index contributed by atoms with van der Waals surface area (Å²) in [5.41, 5.74) is 2.05. The predicted molar refractivity (Wildman–Crippen MR) is 132 cm³/mol. The minimum absolute atomic E-state index is 0.0914. The first-order valence-electron chi connectivity index (χ1n) is 10.8. The van der Waals surface area contributed by atoms with E-state index in [0.29, 0.717) is 45.4 Å². The molecular formula is C25H23ClFN5O3. The summed E-state index contributed by atoms with van der Waals surface area (Å²) in [5.74, 6) is -0.314. The zero-order chi connectivity index (χ0) is 24.9. The van der Waals surface area contributed by atoms with E-state index >= 15 is 0 Å². The van der Waals surface area contributed by atoms with Gasteiger partial charge in [0.1, 0.15) is 16.8 Å². The Morgan fingerprint density at radius 2 is 1.97 bits per heavy atom. The summed E-state index contributed by atoms with van der Waals surface area (Å²) in [6.45, 7) is 2.45. The van der Waals surface area contributed by atoms with Gasteiger partial charge in [0.15, 0.2) is 0 Å². The number of ether oxygens (including phenoxy) is 1. The molecule has 1 amide bonds. The lowest BCUT2D eigenvalue weighted by Crippen LogP contribution is -2.33. The van der Waals surface area contributed by atoms with E-state index < -0.39 is 0 Å². The average molecular weight is 496 g/mol. The van der Waals surface area contributed by atoms with Crippen molar-refractivity contribution in [3.8, 4) is 5.69 Å². The number of fused-ring (bicyclic) bond motifs is 1. The van der Waals surface area contributed by atoms with Gasteiger partial charge in [-0.05, 0) is 49.4 Å². The molecule has 0 radical (unpaired) electrons. The lowest BCUT2D eigenvalue weighted by Gasteiger charge is -2.20. The van der Waals surface area contributed by atoms with Gasteiger partial charge < -0.3 is 14.6 Å². The number of carbonyl (C=O) groups excluding carboxylic acids is 1. The Labute approximate surface area is 205 Å². The highest BCUT2D eigenvalue weighted by molar-refractivity contribution is 6.31. The average Bonchev–Trinajstić information content (AvgIpc) is 3.13. The number of rotatable bonds is 8. The minimum Gasteiger partial charge on any atom is -0.383 e. The first-order chi connectivity index (χ1) is 16.9. The van der Waals surface area contributed by atoms with Crippen molar-refractivity contribution in [2.75, 3.05) is 20.3 Å². The standard InChI is InChI=1S/C25H23ClFN5O3/c1-16-19(24(26)32(30-16)18-9-7-17(27)8-10-18)11-12-23(33)31(13-14-35-2)15-22-28-21-6-4-3-5-20(21)25(34)29-22/h3-12H,13-15H2,1-2H3,(H,28,29,34). The molecule has 0 saturated carbocycles. The van der Waals surface area contributed by atoms with Crippen LogP contribution in [0.25, 0.3) is 22.7 Å². The summed E-state index contributed by atoms with van der Waals surface area (Å²) in [6, 6.07) is 12.8. The smallest absolute Gasteiger partial charge is 0.258 e. The molecule has 35 heavy (non-hydrogen) atoms. The van der Waals surface area contributed by atoms with Gasteiger partial charge >= 0.3 is 0 Å². The number of nitrogens with one attached hydrogen (secondary N) is 1. The molecule has 2 aromatic carbocycles. The number of aromatic amines is 1. The summed E-state index contributed by atoms with van der Waals surface area (Å²) >= 11 is 6.51. The van der Waals surface area contributed by atoms with Crippen LogP contribution in [0.15, 0.2) is 59.4 Å². The van der Waals surface area contributed by atoms with Crippen molar-refractivity contribution in [1.29, 1.82) is 0 Å². The number of aromatic nitrogens is 4. The fourth-order valence-electron chi connectivity index (χ4n) is 3.57. The third-order valence-corrected chi connectivity index (χ3v) is 5.76. The number of halogens is 2. The zero-order valence-corrected chi connectivity index (χ0v) is 19.9. The molecule has 0 spiro atoms. The Morgan fingerprint density at radius 1 is 1.23 bits per heavy atom. The van der Waals surface area contributed by atoms with Crippen molar-refractivity contribution in [1.82, 2.24) is 24.6 Å². The normalized spacial score (nSPS) is 11.4. The molecule has 0 saturated heterocycles. The van der Waals surface area contributed by atoms with Crippen molar-refractivity contribution in [3.05, 3.63) is 93.0 Å². The van der Waals surface area contributed by atoms with Gasteiger partial charge in [0.2, 0.25) is 5.91 Å². The minimum atomic E-state index is -0.363. The van der Waals surface area contributed by atoms with Crippen LogP contribution in [0, 0.1) is 12.7 Å². The van der Waals surface area contributed by atoms with Crippen LogP contribution in [0.1, 0.15) is 17.1 Å². The molecule has 2 aromatic heterocycles. The highest BCUT2D eigenvalue weighted by Crippen LogP contribution is 2.25. The highest BCUT2D eigenvalue weighted by atomic mass is 35.5. The fraction of sp³-hybridized carbons (Fsp3) is 0.200. The molecule has 4 aromatic rings. The second-order valence-corrected chi connectivity index (χ2v) is 8.15. The second-order valence-electron chi connectivity index (χ2n) is 7.79. The molecule has 10 heteroatoms. The largest absolute Gasteiger partial charge is 0.383 e. The maximum absolute atomic E-state index is 13.3. The molecule has 0 aliphatic rings. The molecule has 0 aliphatic heterocycles. The van der Waals surface area contributed by atoms with Gasteiger partial charge in [-0.1, -0.05) is 23.7 Å². The van der Waals surface area contributed by atoms with Gasteiger partial charge in [0.25, 0.3) is 5.56 Å². The summed E-state index contributed by atoms with van der Waals surface area (Å²) in [7, 11) is 1.54. The lowest BCUT2D eigenvalue weighted by atomic mass is 10.2. The topological polar surface area (TPSA) is 93.1 Å². The van der Waals surface area contributed by atoms with Crippen LogP contribution in [0.3, 0.4) is 0 Å². The van der Waals surface area contributed by atoms with E-state index in [9.17, 15) is 14.0 Å². The van der Waals surface area contributed by atoms with Crippen LogP contribution < -0.4 is 5.56 Å². The maximum atomic E-state index is 13.3. The first kappa shape index (κ1) is 24.3. The van der Waals surface area contributed by atoms with Gasteiger partial charge in [0.05, 0.1) is 35.4 Å². The number of aryl methyl sites for hydroxylation is 1. The van der Waals surface area contributed by atoms with Gasteiger partial charge in [-0.15, -0.1) is 0 Å². The second kappa shape index (κ2) is 10.6. The number of H-pyrrole nitrogens is 1. The molecular weight excluding hydrogens is 473 g/mol. The Balaban J connectivity index is 1.58. The number of amides is 1. The van der Waals surface area contributed by atoms with Crippen LogP contribution in [-0.2, 0) is 16.1 Å². The molecule has 0 atom stereocenters. The van der Waals surface area contributed by atoms with E-state index in [1.54, 1.807) is 56.5 Å². The quantitative estimate of drug-likeness (QED) is 0.374. The highest BCUT2D eigenvalue weighted by Gasteiger charge is 2.16. The number of benzene rings is 2. The van der Waals surface area contributed by atoms with E-state index in [0.717, 1.165) is 0 Å². The van der Waals surface area contributed by atoms with Gasteiger partial charge in [-0.3, -0.25) is 9.59 Å². The van der Waals surface area contributed by atoms with Crippen molar-refractivity contribution < 1.29 is 13.9 Å². The third kappa shape index (κ3) is 5.47. The Kier molecular flexibility index (Phi) is 7.38. The molecule has 1 N–H and O–H groups in total. The van der Waals surface area contributed by atoms with Crippen LogP contribution in [0.2, 0.25) is 5.15 Å². The maximum Gasteiger partial charge on any atom is 0.258 e. The summed E-state index contributed by atoms with van der Waals surface area (Å²) in [4.78, 5) is 34.2. The molecule has 0 unspecified atom stereocenters. The molecule has 0 aliphatic carbocycles. The molecule has 2 heterocycles. The summed E-state index contributed by atoms with van der Waals surface area (Å²) in [5, 5.41) is 5.18. The van der Waals surface area contributed by atoms with Crippen LogP contribution in [-0.4, -0.2) is 50.8 Å². The van der Waals surface area contributed by atoms with Crippen molar-refractivity contribution >= 4 is 34.5 Å². The zero-order valence-electron chi connectivity index (χ0n) is 19.2. The van der Waals surface area contributed by atoms with Crippen molar-refractivity contribution in [2.45, 2.75) is 13.5 Å². The van der Waals surface area contributed by atoms with E-state index in [-0.39, 0.29) is 30.4 Å². The number of nitrogens with zero attached hydrogens (tertiary/aromatic N) is 4. The Bertz CT molecular complexity index is 1450. The summed E-state index contributed by atoms with van der Waals surface area (Å²) in [6.07, 6.45) is 2.98. The van der Waals surface area contributed by atoms with Crippen molar-refractivity contribution in [2.24, 2.45) is 0 Å². The number of hydrogen-bond donors (Lipinski definition) is 1. The fourth-order valence-corrected chi connectivity index (χ4v) is 3.91. The Hall–Kier alpha value is -3.82. The molecule has 0 fully saturated rings. The van der Waals surface area contributed by atoms with Gasteiger partial charge in [-0.25, -0.2) is 14.1 Å². The monoisotopic (exact) mass is 495 g/mol. The summed E-state index contributed by atoms with van der Waals surface area (Å²) < 4.78 is 19.9. The van der Waals surface area contributed by atoms with E-state index in [2.05, 4.69) is 15.1 Å². The number of methoxy groups -OCH3 is 1. The lowest BCUT2D eigenvalue weighted by molar-refractivity contribution is -0.127. The van der Waals surface area contributed by atoms with Crippen LogP contribution >= 0.6 is 11.6 Å². The van der Waals surface area contributed by atoms with Crippen LogP contribution in [0.4, 0.5) is 4.39 Å². The van der Waals surface area contributed by atoms with Gasteiger partial charge in [-0.2, -0.15) is 5.10 Å². The molecule has 8 nitrogen and oxygen atoms in total. The molecule has 0 bridgehead atoms. The number of para-hydroxylation sites is 1. The first-order valence-corrected chi connectivity index (χ1v) is 11.2.